The Kier molecular flexibility index (Phi) is 3.89. The lowest BCUT2D eigenvalue weighted by atomic mass is 10.0. The van der Waals surface area contributed by atoms with E-state index >= 15 is 0 Å². The van der Waals surface area contributed by atoms with E-state index in [-0.39, 0.29) is 6.61 Å². The molecule has 3 N–H and O–H groups in total. The molecule has 0 saturated carbocycles. The lowest BCUT2D eigenvalue weighted by Gasteiger charge is -2.10. The number of nitrogens with two attached hydrogens (primary N) is 1. The zero-order chi connectivity index (χ0) is 13.1. The van der Waals surface area contributed by atoms with Crippen molar-refractivity contribution in [1.82, 2.24) is 0 Å². The second-order valence-corrected chi connectivity index (χ2v) is 5.31. The van der Waals surface area contributed by atoms with Crippen molar-refractivity contribution in [2.45, 2.75) is 6.42 Å². The summed E-state index contributed by atoms with van der Waals surface area (Å²) in [6.07, 6.45) is 0.602. The van der Waals surface area contributed by atoms with Gasteiger partial charge in [-0.05, 0) is 23.6 Å². The van der Waals surface area contributed by atoms with Gasteiger partial charge in [-0.3, -0.25) is 0 Å². The third kappa shape index (κ3) is 2.49. The number of nitrogens with zero attached hydrogens (tertiary/aromatic N) is 1. The van der Waals surface area contributed by atoms with E-state index in [9.17, 15) is 0 Å². The Morgan fingerprint density at radius 2 is 2.11 bits per heavy atom. The van der Waals surface area contributed by atoms with E-state index in [1.807, 2.05) is 32.3 Å². The van der Waals surface area contributed by atoms with Gasteiger partial charge < -0.3 is 15.7 Å². The highest BCUT2D eigenvalue weighted by atomic mass is 32.1. The summed E-state index contributed by atoms with van der Waals surface area (Å²) in [6.45, 7) is 0.125. The molecule has 0 bridgehead atoms. The van der Waals surface area contributed by atoms with Crippen molar-refractivity contribution < 1.29 is 5.11 Å². The first kappa shape index (κ1) is 12.9. The molecule has 1 aromatic heterocycles. The van der Waals surface area contributed by atoms with Gasteiger partial charge in [-0.2, -0.15) is 0 Å². The van der Waals surface area contributed by atoms with Crippen molar-refractivity contribution in [3.63, 3.8) is 0 Å². The first-order chi connectivity index (χ1) is 8.63. The summed E-state index contributed by atoms with van der Waals surface area (Å²) in [5.74, 6) is 0. The van der Waals surface area contributed by atoms with Crippen LogP contribution in [0.5, 0.6) is 0 Å². The summed E-state index contributed by atoms with van der Waals surface area (Å²) in [6, 6.07) is 8.12. The van der Waals surface area contributed by atoms with E-state index in [2.05, 4.69) is 16.3 Å². The minimum absolute atomic E-state index is 0.125. The number of para-hydroxylation sites is 1. The summed E-state index contributed by atoms with van der Waals surface area (Å²) in [4.78, 5) is 2.09. The molecule has 2 aromatic rings. The molecule has 3 nitrogen and oxygen atoms in total. The van der Waals surface area contributed by atoms with Crippen molar-refractivity contribution in [2.24, 2.45) is 0 Å². The van der Waals surface area contributed by atoms with Crippen LogP contribution in [-0.2, 0) is 6.42 Å². The largest absolute Gasteiger partial charge is 0.398 e. The number of anilines is 2. The van der Waals surface area contributed by atoms with Gasteiger partial charge in [0.25, 0.3) is 0 Å². The Balaban J connectivity index is 2.40. The van der Waals surface area contributed by atoms with E-state index < -0.39 is 0 Å². The van der Waals surface area contributed by atoms with Gasteiger partial charge in [0.05, 0.1) is 5.00 Å². The highest BCUT2D eigenvalue weighted by Gasteiger charge is 2.09. The van der Waals surface area contributed by atoms with Crippen molar-refractivity contribution in [3.05, 3.63) is 35.2 Å². The zero-order valence-electron chi connectivity index (χ0n) is 10.7. The molecule has 0 radical (unpaired) electrons. The van der Waals surface area contributed by atoms with E-state index in [0.717, 1.165) is 22.4 Å². The number of thiophene rings is 1. The Bertz CT molecular complexity index is 534. The molecule has 2 rings (SSSR count). The molecular weight excluding hydrogens is 244 g/mol. The fourth-order valence-corrected chi connectivity index (χ4v) is 2.75. The summed E-state index contributed by atoms with van der Waals surface area (Å²) in [5, 5.41) is 12.3. The van der Waals surface area contributed by atoms with Crippen LogP contribution in [0.3, 0.4) is 0 Å². The maximum Gasteiger partial charge on any atom is 0.0909 e. The summed E-state index contributed by atoms with van der Waals surface area (Å²) >= 11 is 1.70. The van der Waals surface area contributed by atoms with Crippen LogP contribution in [0, 0.1) is 0 Å². The lowest BCUT2D eigenvalue weighted by molar-refractivity contribution is 0.300. The Hall–Kier alpha value is -1.52. The van der Waals surface area contributed by atoms with Crippen LogP contribution in [0.1, 0.15) is 5.56 Å². The molecule has 0 spiro atoms. The quantitative estimate of drug-likeness (QED) is 0.833. The van der Waals surface area contributed by atoms with Gasteiger partial charge in [-0.1, -0.05) is 18.2 Å². The number of benzene rings is 1. The van der Waals surface area contributed by atoms with Crippen molar-refractivity contribution in [3.8, 4) is 11.1 Å². The fourth-order valence-electron chi connectivity index (χ4n) is 1.90. The molecule has 18 heavy (non-hydrogen) atoms. The predicted molar refractivity (Wildman–Crippen MR) is 79.3 cm³/mol. The van der Waals surface area contributed by atoms with E-state index in [0.29, 0.717) is 6.42 Å². The molecule has 0 aliphatic carbocycles. The molecule has 0 atom stereocenters. The standard InChI is InChI=1S/C14H18N2OS/c1-16(2)13-8-11(9-18-13)12-5-3-4-10(6-7-17)14(12)15/h3-5,8-9,17H,6-7,15H2,1-2H3. The third-order valence-electron chi connectivity index (χ3n) is 2.91. The summed E-state index contributed by atoms with van der Waals surface area (Å²) in [7, 11) is 4.06. The van der Waals surface area contributed by atoms with Crippen molar-refractivity contribution in [2.75, 3.05) is 31.3 Å². The minimum Gasteiger partial charge on any atom is -0.398 e. The number of nitrogen functional groups attached to an aromatic ring is 1. The molecule has 96 valence electrons. The van der Waals surface area contributed by atoms with E-state index in [4.69, 9.17) is 10.8 Å². The zero-order valence-corrected chi connectivity index (χ0v) is 11.5. The molecule has 0 fully saturated rings. The first-order valence-corrected chi connectivity index (χ1v) is 6.76. The molecule has 0 aliphatic heterocycles. The third-order valence-corrected chi connectivity index (χ3v) is 4.01. The maximum atomic E-state index is 9.02. The lowest BCUT2D eigenvalue weighted by Crippen LogP contribution is -2.05. The fraction of sp³-hybridized carbons (Fsp3) is 0.286. The number of rotatable bonds is 4. The highest BCUT2D eigenvalue weighted by Crippen LogP contribution is 2.34. The SMILES string of the molecule is CN(C)c1cc(-c2cccc(CCO)c2N)cs1. The van der Waals surface area contributed by atoms with Gasteiger partial charge >= 0.3 is 0 Å². The van der Waals surface area contributed by atoms with Crippen molar-refractivity contribution in [1.29, 1.82) is 0 Å². The average Bonchev–Trinajstić information content (AvgIpc) is 2.81. The Labute approximate surface area is 111 Å². The summed E-state index contributed by atoms with van der Waals surface area (Å²) < 4.78 is 0. The van der Waals surface area contributed by atoms with Gasteiger partial charge in [-0.15, -0.1) is 11.3 Å². The van der Waals surface area contributed by atoms with Gasteiger partial charge in [0.1, 0.15) is 0 Å². The molecule has 0 saturated heterocycles. The number of aliphatic hydroxyl groups is 1. The summed E-state index contributed by atoms with van der Waals surface area (Å²) in [5.41, 5.74) is 10.1. The van der Waals surface area contributed by atoms with Crippen LogP contribution >= 0.6 is 11.3 Å². The highest BCUT2D eigenvalue weighted by molar-refractivity contribution is 7.14. The molecule has 0 aliphatic rings. The number of aliphatic hydroxyl groups excluding tert-OH is 1. The van der Waals surface area contributed by atoms with Crippen LogP contribution in [0.2, 0.25) is 0 Å². The molecular formula is C14H18N2OS. The van der Waals surface area contributed by atoms with Crippen LogP contribution in [0.25, 0.3) is 11.1 Å². The van der Waals surface area contributed by atoms with E-state index in [1.165, 1.54) is 5.00 Å². The molecule has 0 unspecified atom stereocenters. The molecule has 1 heterocycles. The minimum atomic E-state index is 0.125. The van der Waals surface area contributed by atoms with Gasteiger partial charge in [-0.25, -0.2) is 0 Å². The van der Waals surface area contributed by atoms with Crippen LogP contribution in [0.15, 0.2) is 29.6 Å². The van der Waals surface area contributed by atoms with E-state index in [1.54, 1.807) is 11.3 Å². The van der Waals surface area contributed by atoms with Gasteiger partial charge in [0.2, 0.25) is 0 Å². The molecule has 4 heteroatoms. The van der Waals surface area contributed by atoms with Gasteiger partial charge in [0.15, 0.2) is 0 Å². The van der Waals surface area contributed by atoms with Crippen LogP contribution in [0.4, 0.5) is 10.7 Å². The van der Waals surface area contributed by atoms with Gasteiger partial charge in [0, 0.05) is 37.3 Å². The Morgan fingerprint density at radius 1 is 1.33 bits per heavy atom. The smallest absolute Gasteiger partial charge is 0.0909 e. The van der Waals surface area contributed by atoms with Crippen LogP contribution in [-0.4, -0.2) is 25.8 Å². The van der Waals surface area contributed by atoms with Crippen LogP contribution < -0.4 is 10.6 Å². The monoisotopic (exact) mass is 262 g/mol. The predicted octanol–water partition coefficient (Wildman–Crippen LogP) is 2.60. The average molecular weight is 262 g/mol. The topological polar surface area (TPSA) is 49.5 Å². The second kappa shape index (κ2) is 5.42. The normalized spacial score (nSPS) is 10.6. The Morgan fingerprint density at radius 3 is 2.72 bits per heavy atom. The second-order valence-electron chi connectivity index (χ2n) is 4.42. The number of hydrogen-bond donors (Lipinski definition) is 2. The number of hydrogen-bond acceptors (Lipinski definition) is 4. The maximum absolute atomic E-state index is 9.02. The van der Waals surface area contributed by atoms with Crippen molar-refractivity contribution >= 4 is 22.0 Å². The molecule has 1 aromatic carbocycles. The first-order valence-electron chi connectivity index (χ1n) is 5.88. The molecule has 0 amide bonds.